The molecule has 0 saturated carbocycles. The summed E-state index contributed by atoms with van der Waals surface area (Å²) < 4.78 is 4.69. The number of rotatable bonds is 6. The lowest BCUT2D eigenvalue weighted by molar-refractivity contribution is 0.408. The molecular formula is C13H15Cl2N3O. The van der Waals surface area contributed by atoms with Gasteiger partial charge in [-0.15, -0.1) is 0 Å². The van der Waals surface area contributed by atoms with Crippen molar-refractivity contribution in [2.24, 2.45) is 0 Å². The van der Waals surface area contributed by atoms with E-state index < -0.39 is 0 Å². The molecule has 0 fully saturated rings. The molecule has 0 amide bonds. The van der Waals surface area contributed by atoms with Crippen LogP contribution >= 0.6 is 23.2 Å². The lowest BCUT2D eigenvalue weighted by atomic mass is 10.0. The zero-order valence-corrected chi connectivity index (χ0v) is 12.1. The molecule has 1 aromatic carbocycles. The van der Waals surface area contributed by atoms with E-state index in [-0.39, 0.29) is 6.04 Å². The van der Waals surface area contributed by atoms with Crippen LogP contribution < -0.4 is 5.32 Å². The highest BCUT2D eigenvalue weighted by atomic mass is 35.5. The van der Waals surface area contributed by atoms with Crippen LogP contribution in [0.5, 0.6) is 0 Å². The van der Waals surface area contributed by atoms with E-state index in [0.29, 0.717) is 15.9 Å². The van der Waals surface area contributed by atoms with Crippen molar-refractivity contribution in [1.82, 2.24) is 15.5 Å². The molecule has 1 heterocycles. The number of hydrogen-bond acceptors (Lipinski definition) is 4. The van der Waals surface area contributed by atoms with Gasteiger partial charge in [-0.2, -0.15) is 4.98 Å². The molecule has 0 aliphatic carbocycles. The Morgan fingerprint density at radius 1 is 1.32 bits per heavy atom. The number of hydrogen-bond donors (Lipinski definition) is 1. The Labute approximate surface area is 122 Å². The van der Waals surface area contributed by atoms with Crippen LogP contribution in [0.4, 0.5) is 0 Å². The van der Waals surface area contributed by atoms with E-state index in [2.05, 4.69) is 22.4 Å². The number of benzene rings is 1. The topological polar surface area (TPSA) is 51.0 Å². The molecule has 0 bridgehead atoms. The highest BCUT2D eigenvalue weighted by Crippen LogP contribution is 2.26. The zero-order valence-electron chi connectivity index (χ0n) is 10.6. The maximum Gasteiger partial charge on any atom is 0.213 e. The Kier molecular flexibility index (Phi) is 5.19. The lowest BCUT2D eigenvalue weighted by Gasteiger charge is -2.17. The smallest absolute Gasteiger partial charge is 0.213 e. The second kappa shape index (κ2) is 6.89. The predicted octanol–water partition coefficient (Wildman–Crippen LogP) is 3.66. The van der Waals surface area contributed by atoms with Crippen LogP contribution in [0.1, 0.15) is 30.8 Å². The van der Waals surface area contributed by atoms with Gasteiger partial charge in [0.15, 0.2) is 5.82 Å². The zero-order chi connectivity index (χ0) is 13.7. The standard InChI is InChI=1S/C13H15Cl2N3O/c1-2-12(9-3-4-10(14)11(15)7-9)16-6-5-13-17-8-19-18-13/h3-4,7-8,12,16H,2,5-6H2,1H3. The van der Waals surface area contributed by atoms with Gasteiger partial charge in [0.1, 0.15) is 0 Å². The third-order valence-electron chi connectivity index (χ3n) is 2.90. The lowest BCUT2D eigenvalue weighted by Crippen LogP contribution is -2.23. The summed E-state index contributed by atoms with van der Waals surface area (Å²) in [5.41, 5.74) is 1.13. The van der Waals surface area contributed by atoms with Gasteiger partial charge < -0.3 is 9.84 Å². The van der Waals surface area contributed by atoms with E-state index in [0.717, 1.165) is 24.9 Å². The Balaban J connectivity index is 1.93. The summed E-state index contributed by atoms with van der Waals surface area (Å²) in [6.45, 7) is 2.90. The first-order chi connectivity index (χ1) is 9.20. The molecule has 0 saturated heterocycles. The van der Waals surface area contributed by atoms with Gasteiger partial charge in [-0.25, -0.2) is 0 Å². The third-order valence-corrected chi connectivity index (χ3v) is 3.64. The first-order valence-corrected chi connectivity index (χ1v) is 6.90. The quantitative estimate of drug-likeness (QED) is 0.884. The van der Waals surface area contributed by atoms with E-state index in [1.165, 1.54) is 6.39 Å². The minimum absolute atomic E-state index is 0.238. The van der Waals surface area contributed by atoms with Gasteiger partial charge in [0.25, 0.3) is 0 Å². The maximum absolute atomic E-state index is 6.04. The Morgan fingerprint density at radius 2 is 2.16 bits per heavy atom. The van der Waals surface area contributed by atoms with Crippen LogP contribution in [-0.4, -0.2) is 16.7 Å². The molecule has 2 rings (SSSR count). The molecule has 1 N–H and O–H groups in total. The number of halogens is 2. The summed E-state index contributed by atoms with van der Waals surface area (Å²) in [5.74, 6) is 0.705. The van der Waals surface area contributed by atoms with Crippen molar-refractivity contribution in [3.63, 3.8) is 0 Å². The monoisotopic (exact) mass is 299 g/mol. The van der Waals surface area contributed by atoms with E-state index >= 15 is 0 Å². The van der Waals surface area contributed by atoms with Crippen molar-refractivity contribution in [2.75, 3.05) is 6.54 Å². The molecule has 1 aromatic heterocycles. The van der Waals surface area contributed by atoms with Crippen LogP contribution in [0.25, 0.3) is 0 Å². The Bertz CT molecular complexity index is 517. The van der Waals surface area contributed by atoms with Gasteiger partial charge in [-0.3, -0.25) is 0 Å². The molecule has 0 aliphatic heterocycles. The molecule has 1 atom stereocenters. The minimum Gasteiger partial charge on any atom is -0.343 e. The summed E-state index contributed by atoms with van der Waals surface area (Å²) in [5, 5.41) is 8.38. The van der Waals surface area contributed by atoms with Gasteiger partial charge in [0.2, 0.25) is 6.39 Å². The van der Waals surface area contributed by atoms with Crippen molar-refractivity contribution in [3.05, 3.63) is 46.0 Å². The Morgan fingerprint density at radius 3 is 2.79 bits per heavy atom. The predicted molar refractivity (Wildman–Crippen MR) is 75.5 cm³/mol. The van der Waals surface area contributed by atoms with Crippen molar-refractivity contribution in [3.8, 4) is 0 Å². The molecular weight excluding hydrogens is 285 g/mol. The second-order valence-electron chi connectivity index (χ2n) is 4.19. The average molecular weight is 300 g/mol. The maximum atomic E-state index is 6.04. The van der Waals surface area contributed by atoms with Gasteiger partial charge in [-0.05, 0) is 24.1 Å². The number of aromatic nitrogens is 2. The third kappa shape index (κ3) is 3.93. The minimum atomic E-state index is 0.238. The first kappa shape index (κ1) is 14.3. The number of nitrogens with one attached hydrogen (secondary N) is 1. The van der Waals surface area contributed by atoms with Crippen LogP contribution in [0.2, 0.25) is 10.0 Å². The van der Waals surface area contributed by atoms with Crippen molar-refractivity contribution < 1.29 is 4.52 Å². The summed E-state index contributed by atoms with van der Waals surface area (Å²) in [4.78, 5) is 3.98. The van der Waals surface area contributed by atoms with E-state index in [1.54, 1.807) is 0 Å². The van der Waals surface area contributed by atoms with Gasteiger partial charge >= 0.3 is 0 Å². The highest BCUT2D eigenvalue weighted by Gasteiger charge is 2.10. The highest BCUT2D eigenvalue weighted by molar-refractivity contribution is 6.42. The molecule has 4 nitrogen and oxygen atoms in total. The fraction of sp³-hybridized carbons (Fsp3) is 0.385. The molecule has 0 aliphatic rings. The summed E-state index contributed by atoms with van der Waals surface area (Å²) in [6, 6.07) is 5.95. The van der Waals surface area contributed by atoms with Gasteiger partial charge in [0, 0.05) is 19.0 Å². The van der Waals surface area contributed by atoms with Crippen molar-refractivity contribution >= 4 is 23.2 Å². The molecule has 0 radical (unpaired) electrons. The molecule has 102 valence electrons. The van der Waals surface area contributed by atoms with Crippen LogP contribution in [0, 0.1) is 0 Å². The van der Waals surface area contributed by atoms with Crippen LogP contribution in [-0.2, 0) is 6.42 Å². The fourth-order valence-corrected chi connectivity index (χ4v) is 2.19. The molecule has 1 unspecified atom stereocenters. The van der Waals surface area contributed by atoms with Gasteiger partial charge in [-0.1, -0.05) is 41.3 Å². The van der Waals surface area contributed by atoms with E-state index in [1.807, 2.05) is 18.2 Å². The SMILES string of the molecule is CCC(NCCc1ncon1)c1ccc(Cl)c(Cl)c1. The summed E-state index contributed by atoms with van der Waals surface area (Å²) in [7, 11) is 0. The Hall–Kier alpha value is -1.10. The van der Waals surface area contributed by atoms with Gasteiger partial charge in [0.05, 0.1) is 10.0 Å². The summed E-state index contributed by atoms with van der Waals surface area (Å²) >= 11 is 12.0. The normalized spacial score (nSPS) is 12.6. The van der Waals surface area contributed by atoms with Crippen molar-refractivity contribution in [2.45, 2.75) is 25.8 Å². The average Bonchev–Trinajstić information content (AvgIpc) is 2.91. The van der Waals surface area contributed by atoms with Crippen molar-refractivity contribution in [1.29, 1.82) is 0 Å². The van der Waals surface area contributed by atoms with E-state index in [9.17, 15) is 0 Å². The van der Waals surface area contributed by atoms with Crippen LogP contribution in [0.15, 0.2) is 29.1 Å². The number of nitrogens with zero attached hydrogens (tertiary/aromatic N) is 2. The largest absolute Gasteiger partial charge is 0.343 e. The summed E-state index contributed by atoms with van der Waals surface area (Å²) in [6.07, 6.45) is 3.03. The molecule has 6 heteroatoms. The fourth-order valence-electron chi connectivity index (χ4n) is 1.89. The van der Waals surface area contributed by atoms with E-state index in [4.69, 9.17) is 27.7 Å². The van der Waals surface area contributed by atoms with Crippen LogP contribution in [0.3, 0.4) is 0 Å². The first-order valence-electron chi connectivity index (χ1n) is 6.14. The molecule has 2 aromatic rings. The second-order valence-corrected chi connectivity index (χ2v) is 5.00. The molecule has 0 spiro atoms. The molecule has 19 heavy (non-hydrogen) atoms.